The van der Waals surface area contributed by atoms with Crippen LogP contribution >= 0.6 is 45.7 Å². The summed E-state index contributed by atoms with van der Waals surface area (Å²) in [5.41, 5.74) is 4.84. The van der Waals surface area contributed by atoms with Crippen molar-refractivity contribution in [3.63, 3.8) is 0 Å². The normalized spacial score (nSPS) is 16.3. The quantitative estimate of drug-likeness (QED) is 0.0114. The van der Waals surface area contributed by atoms with Crippen LogP contribution in [0.1, 0.15) is 39.6 Å². The van der Waals surface area contributed by atoms with Crippen molar-refractivity contribution in [1.82, 2.24) is 15.2 Å². The highest BCUT2D eigenvalue weighted by molar-refractivity contribution is 14.1. The Morgan fingerprint density at radius 1 is 0.852 bits per heavy atom. The molecule has 10 nitrogen and oxygen atoms in total. The number of benzene rings is 5. The Labute approximate surface area is 375 Å². The number of fused-ring (bicyclic) bond motifs is 1. The van der Waals surface area contributed by atoms with E-state index in [0.717, 1.165) is 33.4 Å². The first-order valence-electron chi connectivity index (χ1n) is 19.5. The number of anilines is 1. The van der Waals surface area contributed by atoms with E-state index in [1.165, 1.54) is 34.1 Å². The van der Waals surface area contributed by atoms with Crippen LogP contribution in [0.4, 0.5) is 5.13 Å². The number of β-lactam (4-membered cyclic amide) rings is 1. The lowest BCUT2D eigenvalue weighted by Crippen LogP contribution is -2.71. The first-order chi connectivity index (χ1) is 29.9. The van der Waals surface area contributed by atoms with Gasteiger partial charge in [-0.25, -0.2) is 9.78 Å². The van der Waals surface area contributed by atoms with Crippen molar-refractivity contribution in [3.8, 4) is 0 Å². The van der Waals surface area contributed by atoms with E-state index in [1.54, 1.807) is 5.38 Å². The van der Waals surface area contributed by atoms with Gasteiger partial charge in [0.2, 0.25) is 0 Å². The van der Waals surface area contributed by atoms with Crippen molar-refractivity contribution >= 4 is 74.3 Å². The second-order valence-corrected chi connectivity index (χ2v) is 16.8. The van der Waals surface area contributed by atoms with E-state index in [9.17, 15) is 14.4 Å². The second-order valence-electron chi connectivity index (χ2n) is 14.1. The third-order valence-electron chi connectivity index (χ3n) is 10.3. The summed E-state index contributed by atoms with van der Waals surface area (Å²) in [5.74, 6) is -1.21. The van der Waals surface area contributed by atoms with Gasteiger partial charge in [-0.2, -0.15) is 0 Å². The smallest absolute Gasteiger partial charge is 0.356 e. The SMILES string of the molecule is C=CCON=C(C(=O)N[C@@H]1C(=O)N2C(C(=O)OC(c3ccccc3)c3ccccc3)=C(CI)CS[C@H]12)c1csc(NC(c2ccccc2)(c2ccccc2)c2ccccc2)n1. The largest absolute Gasteiger partial charge is 0.448 e. The summed E-state index contributed by atoms with van der Waals surface area (Å²) >= 11 is 4.99. The van der Waals surface area contributed by atoms with Crippen LogP contribution in [-0.2, 0) is 29.5 Å². The first-order valence-corrected chi connectivity index (χ1v) is 22.9. The van der Waals surface area contributed by atoms with Gasteiger partial charge in [0, 0.05) is 15.6 Å². The zero-order chi connectivity index (χ0) is 42.2. The summed E-state index contributed by atoms with van der Waals surface area (Å²) in [6.45, 7) is 3.75. The van der Waals surface area contributed by atoms with E-state index in [0.29, 0.717) is 15.3 Å². The molecule has 5 aromatic carbocycles. The average Bonchev–Trinajstić information content (AvgIpc) is 3.79. The number of amides is 2. The Hall–Kier alpha value is -6.03. The Morgan fingerprint density at radius 3 is 1.89 bits per heavy atom. The van der Waals surface area contributed by atoms with E-state index in [4.69, 9.17) is 14.6 Å². The zero-order valence-corrected chi connectivity index (χ0v) is 36.5. The molecule has 2 N–H and O–H groups in total. The molecule has 1 saturated heterocycles. The molecule has 13 heteroatoms. The van der Waals surface area contributed by atoms with Crippen LogP contribution in [-0.4, -0.2) is 61.6 Å². The summed E-state index contributed by atoms with van der Waals surface area (Å²) in [7, 11) is 0. The number of carbonyl (C=O) groups is 3. The number of alkyl halides is 1. The lowest BCUT2D eigenvalue weighted by molar-refractivity contribution is -0.154. The molecule has 2 aliphatic heterocycles. The van der Waals surface area contributed by atoms with Gasteiger partial charge in [0.25, 0.3) is 11.8 Å². The molecule has 1 aromatic heterocycles. The van der Waals surface area contributed by atoms with Gasteiger partial charge in [-0.1, -0.05) is 192 Å². The fourth-order valence-electron chi connectivity index (χ4n) is 7.47. The Morgan fingerprint density at radius 2 is 1.38 bits per heavy atom. The Balaban J connectivity index is 1.05. The molecule has 6 aromatic rings. The summed E-state index contributed by atoms with van der Waals surface area (Å²) < 4.78 is 6.75. The van der Waals surface area contributed by atoms with Gasteiger partial charge in [0.05, 0.1) is 0 Å². The molecule has 306 valence electrons. The number of halogens is 1. The van der Waals surface area contributed by atoms with E-state index in [-0.39, 0.29) is 23.7 Å². The van der Waals surface area contributed by atoms with Crippen molar-refractivity contribution < 1.29 is 24.0 Å². The molecule has 3 heterocycles. The van der Waals surface area contributed by atoms with Crippen LogP contribution in [0.5, 0.6) is 0 Å². The van der Waals surface area contributed by atoms with Crippen LogP contribution < -0.4 is 10.6 Å². The molecule has 0 aliphatic carbocycles. The van der Waals surface area contributed by atoms with E-state index >= 15 is 0 Å². The zero-order valence-electron chi connectivity index (χ0n) is 32.7. The highest BCUT2D eigenvalue weighted by Gasteiger charge is 2.55. The summed E-state index contributed by atoms with van der Waals surface area (Å²) in [5, 5.41) is 12.5. The molecular formula is C48H40IN5O5S2. The lowest BCUT2D eigenvalue weighted by atomic mass is 9.77. The number of hydrogen-bond donors (Lipinski definition) is 2. The van der Waals surface area contributed by atoms with Crippen LogP contribution in [0.3, 0.4) is 0 Å². The molecular weight excluding hydrogens is 918 g/mol. The molecule has 0 saturated carbocycles. The molecule has 8 rings (SSSR count). The summed E-state index contributed by atoms with van der Waals surface area (Å²) in [4.78, 5) is 54.3. The number of oxime groups is 1. The maximum absolute atomic E-state index is 14.2. The van der Waals surface area contributed by atoms with E-state index in [1.807, 2.05) is 115 Å². The highest BCUT2D eigenvalue weighted by Crippen LogP contribution is 2.43. The number of nitrogens with zero attached hydrogens (tertiary/aromatic N) is 3. The van der Waals surface area contributed by atoms with Crippen LogP contribution in [0, 0.1) is 0 Å². The molecule has 2 amide bonds. The number of esters is 1. The summed E-state index contributed by atoms with van der Waals surface area (Å²) in [6.07, 6.45) is 0.827. The van der Waals surface area contributed by atoms with Crippen LogP contribution in [0.25, 0.3) is 0 Å². The minimum atomic E-state index is -0.946. The number of thiazole rings is 1. The minimum absolute atomic E-state index is 0.0437. The molecule has 2 atom stereocenters. The maximum Gasteiger partial charge on any atom is 0.356 e. The van der Waals surface area contributed by atoms with Gasteiger partial charge in [-0.3, -0.25) is 14.5 Å². The van der Waals surface area contributed by atoms with Crippen molar-refractivity contribution in [2.45, 2.75) is 23.1 Å². The predicted octanol–water partition coefficient (Wildman–Crippen LogP) is 8.88. The number of ether oxygens (including phenoxy) is 1. The third-order valence-corrected chi connectivity index (χ3v) is 13.4. The monoisotopic (exact) mass is 957 g/mol. The van der Waals surface area contributed by atoms with Gasteiger partial charge in [0.15, 0.2) is 16.9 Å². The number of aromatic nitrogens is 1. The fourth-order valence-corrected chi connectivity index (χ4v) is 10.6. The van der Waals surface area contributed by atoms with Crippen molar-refractivity contribution in [1.29, 1.82) is 0 Å². The van der Waals surface area contributed by atoms with Crippen molar-refractivity contribution in [2.24, 2.45) is 5.16 Å². The number of carbonyl (C=O) groups excluding carboxylic acids is 3. The maximum atomic E-state index is 14.2. The standard InChI is InChI=1S/C48H40IN5O5S2/c1-2-28-58-53-39(38-31-61-47(50-38)52-48(35-22-12-5-13-23-35,36-24-14-6-15-25-36)37-26-16-7-17-27-37)43(55)51-40-44(56)54-41(34(29-49)30-60-45(40)54)46(57)59-42(32-18-8-3-9-19-32)33-20-10-4-11-21-33/h2-27,31,40,42,45H,1,28-30H2,(H,50,52)(H,51,55)/t40-,45-/m1/s1. The van der Waals surface area contributed by atoms with Gasteiger partial charge in [-0.15, -0.1) is 23.1 Å². The Kier molecular flexibility index (Phi) is 13.1. The minimum Gasteiger partial charge on any atom is -0.448 e. The number of thioether (sulfide) groups is 1. The lowest BCUT2D eigenvalue weighted by Gasteiger charge is -2.49. The van der Waals surface area contributed by atoms with Gasteiger partial charge in [-0.05, 0) is 33.4 Å². The van der Waals surface area contributed by atoms with E-state index < -0.39 is 40.8 Å². The van der Waals surface area contributed by atoms with Crippen molar-refractivity contribution in [2.75, 3.05) is 22.1 Å². The molecule has 2 aliphatic rings. The number of hydrogen-bond acceptors (Lipinski definition) is 10. The third kappa shape index (κ3) is 8.63. The molecule has 1 fully saturated rings. The van der Waals surface area contributed by atoms with Gasteiger partial charge in [0.1, 0.15) is 35.0 Å². The van der Waals surface area contributed by atoms with Gasteiger partial charge >= 0.3 is 5.97 Å². The van der Waals surface area contributed by atoms with Crippen LogP contribution in [0.15, 0.2) is 186 Å². The molecule has 0 unspecified atom stereocenters. The summed E-state index contributed by atoms with van der Waals surface area (Å²) in [6, 6.07) is 48.4. The van der Waals surface area contributed by atoms with Gasteiger partial charge < -0.3 is 20.2 Å². The van der Waals surface area contributed by atoms with Crippen LogP contribution in [0.2, 0.25) is 0 Å². The number of rotatable bonds is 16. The highest BCUT2D eigenvalue weighted by atomic mass is 127. The average molecular weight is 958 g/mol. The first kappa shape index (κ1) is 41.7. The topological polar surface area (TPSA) is 122 Å². The van der Waals surface area contributed by atoms with Crippen molar-refractivity contribution in [3.05, 3.63) is 214 Å². The Bertz CT molecular complexity index is 2420. The molecule has 61 heavy (non-hydrogen) atoms. The second kappa shape index (κ2) is 19.1. The van der Waals surface area contributed by atoms with E-state index in [2.05, 4.69) is 81.4 Å². The predicted molar refractivity (Wildman–Crippen MR) is 249 cm³/mol. The molecule has 0 radical (unpaired) electrons. The number of nitrogens with one attached hydrogen (secondary N) is 2. The molecule has 0 spiro atoms. The molecule has 0 bridgehead atoms. The fraction of sp³-hybridized carbons (Fsp3) is 0.146.